The van der Waals surface area contributed by atoms with Crippen molar-refractivity contribution in [2.75, 3.05) is 7.11 Å². The van der Waals surface area contributed by atoms with Crippen LogP contribution in [0.5, 0.6) is 0 Å². The highest BCUT2D eigenvalue weighted by atomic mass is 16.7. The lowest BCUT2D eigenvalue weighted by Crippen LogP contribution is -2.63. The van der Waals surface area contributed by atoms with Crippen molar-refractivity contribution >= 4 is 11.9 Å². The molecule has 2 N–H and O–H groups in total. The van der Waals surface area contributed by atoms with Crippen molar-refractivity contribution in [2.24, 2.45) is 34.0 Å². The Hall–Kier alpha value is -1.58. The minimum Gasteiger partial charge on any atom is -0.438 e. The van der Waals surface area contributed by atoms with Gasteiger partial charge in [0.1, 0.15) is 6.10 Å². The first-order valence-electron chi connectivity index (χ1n) is 11.1. The van der Waals surface area contributed by atoms with E-state index in [4.69, 9.17) is 11.2 Å². The lowest BCUT2D eigenvalue weighted by Gasteiger charge is -2.66. The van der Waals surface area contributed by atoms with Crippen molar-refractivity contribution in [1.29, 1.82) is 0 Å². The molecule has 0 aliphatic heterocycles. The molecular formula is C24H34O6. The van der Waals surface area contributed by atoms with Crippen LogP contribution < -0.4 is 0 Å². The largest absolute Gasteiger partial charge is 0.508 e. The van der Waals surface area contributed by atoms with E-state index in [1.54, 1.807) is 0 Å². The third-order valence-electron chi connectivity index (χ3n) is 9.96. The number of aliphatic hydroxyl groups is 2. The molecule has 0 aromatic heterocycles. The molecule has 6 heteroatoms. The Balaban J connectivity index is 1.66. The molecule has 4 saturated carbocycles. The van der Waals surface area contributed by atoms with Crippen molar-refractivity contribution < 1.29 is 29.3 Å². The van der Waals surface area contributed by atoms with Crippen molar-refractivity contribution in [3.05, 3.63) is 0 Å². The number of carbonyl (C=O) groups excluding carboxylic acids is 2. The summed E-state index contributed by atoms with van der Waals surface area (Å²) in [7, 11) is 1.31. The van der Waals surface area contributed by atoms with Gasteiger partial charge in [-0.15, -0.1) is 6.42 Å². The van der Waals surface area contributed by atoms with Crippen molar-refractivity contribution in [3.8, 4) is 12.3 Å². The van der Waals surface area contributed by atoms with E-state index < -0.39 is 23.3 Å². The number of rotatable bonds is 1. The van der Waals surface area contributed by atoms with Crippen LogP contribution in [0.2, 0.25) is 0 Å². The molecule has 0 heterocycles. The average molecular weight is 419 g/mol. The smallest absolute Gasteiger partial charge is 0.438 e. The number of aliphatic hydroxyl groups excluding tert-OH is 1. The Morgan fingerprint density at radius 1 is 1.13 bits per heavy atom. The van der Waals surface area contributed by atoms with Gasteiger partial charge in [0, 0.05) is 11.8 Å². The third kappa shape index (κ3) is 2.58. The van der Waals surface area contributed by atoms with Crippen LogP contribution in [0.1, 0.15) is 65.7 Å². The fraction of sp³-hybridized carbons (Fsp3) is 0.833. The molecule has 9 atom stereocenters. The van der Waals surface area contributed by atoms with Crippen LogP contribution in [-0.2, 0) is 14.3 Å². The van der Waals surface area contributed by atoms with E-state index in [0.29, 0.717) is 19.3 Å². The van der Waals surface area contributed by atoms with E-state index in [0.717, 1.165) is 19.3 Å². The number of hydrogen-bond acceptors (Lipinski definition) is 6. The number of hydrogen-bond donors (Lipinski definition) is 2. The molecular weight excluding hydrogens is 384 g/mol. The molecule has 0 radical (unpaired) electrons. The van der Waals surface area contributed by atoms with E-state index >= 15 is 0 Å². The molecule has 4 aliphatic rings. The van der Waals surface area contributed by atoms with E-state index in [1.165, 1.54) is 7.11 Å². The summed E-state index contributed by atoms with van der Waals surface area (Å²) >= 11 is 0. The van der Waals surface area contributed by atoms with Crippen LogP contribution in [0.15, 0.2) is 0 Å². The lowest BCUT2D eigenvalue weighted by molar-refractivity contribution is -0.216. The number of carbonyl (C=O) groups is 2. The molecule has 4 rings (SSSR count). The van der Waals surface area contributed by atoms with Crippen LogP contribution in [-0.4, -0.2) is 47.1 Å². The number of terminal acetylenes is 1. The van der Waals surface area contributed by atoms with E-state index in [1.807, 2.05) is 6.92 Å². The Morgan fingerprint density at radius 3 is 2.43 bits per heavy atom. The monoisotopic (exact) mass is 418 g/mol. The number of methoxy groups -OCH3 is 1. The molecule has 6 nitrogen and oxygen atoms in total. The summed E-state index contributed by atoms with van der Waals surface area (Å²) in [6, 6.07) is 0. The highest BCUT2D eigenvalue weighted by molar-refractivity contribution is 5.94. The maximum atomic E-state index is 12.7. The number of fused-ring (bicyclic) bond motifs is 5. The van der Waals surface area contributed by atoms with Crippen LogP contribution >= 0.6 is 0 Å². The molecule has 30 heavy (non-hydrogen) atoms. The molecule has 4 fully saturated rings. The minimum atomic E-state index is -1.74. The average Bonchev–Trinajstić information content (AvgIpc) is 2.90. The zero-order valence-electron chi connectivity index (χ0n) is 18.4. The summed E-state index contributed by atoms with van der Waals surface area (Å²) in [6.07, 6.45) is 8.82. The van der Waals surface area contributed by atoms with Gasteiger partial charge < -0.3 is 19.7 Å². The summed E-state index contributed by atoms with van der Waals surface area (Å²) in [4.78, 5) is 24.4. The summed E-state index contributed by atoms with van der Waals surface area (Å²) < 4.78 is 10.1. The highest BCUT2D eigenvalue weighted by Crippen LogP contribution is 2.70. The van der Waals surface area contributed by atoms with Crippen LogP contribution in [0.4, 0.5) is 4.79 Å². The molecule has 0 aromatic carbocycles. The molecule has 0 saturated heterocycles. The van der Waals surface area contributed by atoms with Crippen molar-refractivity contribution in [2.45, 2.75) is 83.5 Å². The van der Waals surface area contributed by atoms with Gasteiger partial charge in [-0.2, -0.15) is 0 Å². The van der Waals surface area contributed by atoms with Gasteiger partial charge in [0.05, 0.1) is 13.2 Å². The Bertz CT molecular complexity index is 802. The number of Topliss-reactive ketones (excluding diaryl/α,β-unsaturated/α-hetero) is 1. The standard InChI is InChI=1S/C24H34O6/c1-6-24(28)18(26)11-16-19-15(8-10-23(16,24)4)22(3)9-7-14(30-20(27)29-5)12-21(22,2)13-17(19)25/h1,14-17,19,25,28H,7-13H2,2-5H3/t14-,15?,16?,17-,19?,21+,22+,23-,24-/m0/s1. The predicted molar refractivity (Wildman–Crippen MR) is 109 cm³/mol. The third-order valence-corrected chi connectivity index (χ3v) is 9.96. The van der Waals surface area contributed by atoms with Gasteiger partial charge in [-0.1, -0.05) is 26.7 Å². The lowest BCUT2D eigenvalue weighted by atomic mass is 9.39. The SMILES string of the molecule is C#C[C@]1(O)C(=O)CC2C3C(CC[C@@]21C)[C@@]1(C)CC[C@H](OC(=O)OC)C[C@]1(C)C[C@@H]3O. The van der Waals surface area contributed by atoms with Crippen LogP contribution in [0, 0.1) is 46.3 Å². The molecule has 0 spiro atoms. The molecule has 3 unspecified atom stereocenters. The normalized spacial score (nSPS) is 52.4. The fourth-order valence-corrected chi connectivity index (χ4v) is 7.97. The maximum absolute atomic E-state index is 12.7. The Morgan fingerprint density at radius 2 is 1.80 bits per heavy atom. The van der Waals surface area contributed by atoms with Gasteiger partial charge >= 0.3 is 6.16 Å². The quantitative estimate of drug-likeness (QED) is 0.502. The summed E-state index contributed by atoms with van der Waals surface area (Å²) in [5, 5.41) is 22.4. The van der Waals surface area contributed by atoms with Crippen molar-refractivity contribution in [3.63, 3.8) is 0 Å². The molecule has 166 valence electrons. The van der Waals surface area contributed by atoms with Gasteiger partial charge in [-0.3, -0.25) is 4.79 Å². The van der Waals surface area contributed by atoms with Gasteiger partial charge in [0.15, 0.2) is 11.4 Å². The molecule has 0 aromatic rings. The fourth-order valence-electron chi connectivity index (χ4n) is 7.97. The Labute approximate surface area is 178 Å². The highest BCUT2D eigenvalue weighted by Gasteiger charge is 2.70. The van der Waals surface area contributed by atoms with E-state index in [9.17, 15) is 19.8 Å². The van der Waals surface area contributed by atoms with Crippen LogP contribution in [0.25, 0.3) is 0 Å². The molecule has 0 amide bonds. The summed E-state index contributed by atoms with van der Waals surface area (Å²) in [6.45, 7) is 6.44. The predicted octanol–water partition coefficient (Wildman–Crippen LogP) is 3.08. The second-order valence-corrected chi connectivity index (χ2v) is 10.9. The first-order valence-corrected chi connectivity index (χ1v) is 11.1. The number of ether oxygens (including phenoxy) is 2. The molecule has 0 bridgehead atoms. The van der Waals surface area contributed by atoms with Crippen molar-refractivity contribution in [1.82, 2.24) is 0 Å². The van der Waals surface area contributed by atoms with Crippen LogP contribution in [0.3, 0.4) is 0 Å². The number of ketones is 1. The summed E-state index contributed by atoms with van der Waals surface area (Å²) in [5.41, 5.74) is -2.68. The van der Waals surface area contributed by atoms with Gasteiger partial charge in [-0.05, 0) is 67.1 Å². The van der Waals surface area contributed by atoms with E-state index in [2.05, 4.69) is 24.5 Å². The second-order valence-electron chi connectivity index (χ2n) is 10.9. The first kappa shape index (κ1) is 21.6. The first-order chi connectivity index (χ1) is 14.0. The van der Waals surface area contributed by atoms with Gasteiger partial charge in [-0.25, -0.2) is 4.79 Å². The Kier molecular flexibility index (Phi) is 4.84. The zero-order valence-corrected chi connectivity index (χ0v) is 18.4. The van der Waals surface area contributed by atoms with E-state index in [-0.39, 0.29) is 46.9 Å². The maximum Gasteiger partial charge on any atom is 0.508 e. The second kappa shape index (κ2) is 6.71. The van der Waals surface area contributed by atoms with Gasteiger partial charge in [0.2, 0.25) is 0 Å². The molecule has 4 aliphatic carbocycles. The summed E-state index contributed by atoms with van der Waals surface area (Å²) in [5.74, 6) is 2.18. The zero-order chi connectivity index (χ0) is 22.1. The minimum absolute atomic E-state index is 0.0475. The topological polar surface area (TPSA) is 93.1 Å². The van der Waals surface area contributed by atoms with Gasteiger partial charge in [0.25, 0.3) is 0 Å².